The second kappa shape index (κ2) is 9.33. The molecule has 1 atom stereocenters. The lowest BCUT2D eigenvalue weighted by atomic mass is 9.94. The first-order valence-corrected chi connectivity index (χ1v) is 8.33. The molecular weight excluding hydrogens is 252 g/mol. The summed E-state index contributed by atoms with van der Waals surface area (Å²) in [4.78, 5) is 11.5. The second-order valence-corrected chi connectivity index (χ2v) is 6.46. The van der Waals surface area contributed by atoms with E-state index >= 15 is 0 Å². The van der Waals surface area contributed by atoms with Crippen LogP contribution in [0.2, 0.25) is 0 Å². The molecule has 0 fully saturated rings. The SMILES string of the molecule is CCCC(CCN)CCC(=O)NS(=O)(=O)CCC. The number of carbonyl (C=O) groups is 1. The molecule has 3 N–H and O–H groups in total. The molecule has 0 aliphatic carbocycles. The van der Waals surface area contributed by atoms with Gasteiger partial charge in [0.1, 0.15) is 0 Å². The molecule has 5 nitrogen and oxygen atoms in total. The third-order valence-corrected chi connectivity index (χ3v) is 4.28. The van der Waals surface area contributed by atoms with Crippen LogP contribution in [0.25, 0.3) is 0 Å². The average Bonchev–Trinajstić information content (AvgIpc) is 2.25. The van der Waals surface area contributed by atoms with Crippen molar-refractivity contribution in [1.29, 1.82) is 0 Å². The molecule has 1 unspecified atom stereocenters. The summed E-state index contributed by atoms with van der Waals surface area (Å²) >= 11 is 0. The topological polar surface area (TPSA) is 89.3 Å². The molecule has 18 heavy (non-hydrogen) atoms. The third kappa shape index (κ3) is 8.47. The molecule has 0 aromatic rings. The summed E-state index contributed by atoms with van der Waals surface area (Å²) in [6, 6.07) is 0. The van der Waals surface area contributed by atoms with E-state index in [4.69, 9.17) is 5.73 Å². The van der Waals surface area contributed by atoms with Gasteiger partial charge >= 0.3 is 0 Å². The normalized spacial score (nSPS) is 13.3. The van der Waals surface area contributed by atoms with Gasteiger partial charge in [-0.15, -0.1) is 0 Å². The van der Waals surface area contributed by atoms with Crippen molar-refractivity contribution in [3.05, 3.63) is 0 Å². The molecule has 0 heterocycles. The maximum atomic E-state index is 11.5. The van der Waals surface area contributed by atoms with Crippen molar-refractivity contribution in [2.24, 2.45) is 11.7 Å². The zero-order chi connectivity index (χ0) is 14.0. The van der Waals surface area contributed by atoms with E-state index < -0.39 is 15.9 Å². The molecule has 1 amide bonds. The van der Waals surface area contributed by atoms with Crippen LogP contribution in [0.5, 0.6) is 0 Å². The third-order valence-electron chi connectivity index (χ3n) is 2.79. The van der Waals surface area contributed by atoms with E-state index in [1.165, 1.54) is 0 Å². The highest BCUT2D eigenvalue weighted by Crippen LogP contribution is 2.16. The number of carbonyl (C=O) groups excluding carboxylic acids is 1. The van der Waals surface area contributed by atoms with E-state index in [1.54, 1.807) is 6.92 Å². The van der Waals surface area contributed by atoms with E-state index in [0.717, 1.165) is 19.3 Å². The van der Waals surface area contributed by atoms with Crippen LogP contribution in [0.4, 0.5) is 0 Å². The van der Waals surface area contributed by atoms with Crippen molar-refractivity contribution in [3.8, 4) is 0 Å². The Morgan fingerprint density at radius 1 is 1.17 bits per heavy atom. The zero-order valence-corrected chi connectivity index (χ0v) is 12.3. The van der Waals surface area contributed by atoms with Gasteiger partial charge in [0.15, 0.2) is 0 Å². The van der Waals surface area contributed by atoms with Gasteiger partial charge in [0, 0.05) is 6.42 Å². The van der Waals surface area contributed by atoms with Gasteiger partial charge < -0.3 is 5.73 Å². The number of amides is 1. The molecule has 0 aliphatic heterocycles. The van der Waals surface area contributed by atoms with Gasteiger partial charge in [-0.3, -0.25) is 9.52 Å². The van der Waals surface area contributed by atoms with Crippen LogP contribution in [0.1, 0.15) is 52.4 Å². The van der Waals surface area contributed by atoms with Gasteiger partial charge in [-0.05, 0) is 31.7 Å². The quantitative estimate of drug-likeness (QED) is 0.632. The minimum atomic E-state index is -3.43. The molecule has 0 aromatic carbocycles. The maximum absolute atomic E-state index is 11.5. The van der Waals surface area contributed by atoms with Crippen molar-refractivity contribution in [2.75, 3.05) is 12.3 Å². The summed E-state index contributed by atoms with van der Waals surface area (Å²) in [6.07, 6.45) is 4.45. The highest BCUT2D eigenvalue weighted by Gasteiger charge is 2.15. The highest BCUT2D eigenvalue weighted by atomic mass is 32.2. The van der Waals surface area contributed by atoms with Crippen molar-refractivity contribution < 1.29 is 13.2 Å². The maximum Gasteiger partial charge on any atom is 0.234 e. The Labute approximate surface area is 111 Å². The van der Waals surface area contributed by atoms with Crippen LogP contribution in [0.3, 0.4) is 0 Å². The number of nitrogens with two attached hydrogens (primary N) is 1. The van der Waals surface area contributed by atoms with E-state index in [-0.39, 0.29) is 12.2 Å². The van der Waals surface area contributed by atoms with E-state index in [9.17, 15) is 13.2 Å². The Hall–Kier alpha value is -0.620. The Kier molecular flexibility index (Phi) is 9.01. The molecule has 0 aliphatic rings. The molecule has 0 bridgehead atoms. The fourth-order valence-electron chi connectivity index (χ4n) is 1.96. The summed E-state index contributed by atoms with van der Waals surface area (Å²) in [5.74, 6) is 0.0149. The van der Waals surface area contributed by atoms with Crippen LogP contribution >= 0.6 is 0 Å². The summed E-state index contributed by atoms with van der Waals surface area (Å²) in [6.45, 7) is 4.47. The average molecular weight is 278 g/mol. The smallest absolute Gasteiger partial charge is 0.234 e. The fraction of sp³-hybridized carbons (Fsp3) is 0.917. The molecule has 0 saturated heterocycles. The Balaban J connectivity index is 4.08. The Bertz CT molecular complexity index is 322. The molecule has 6 heteroatoms. The van der Waals surface area contributed by atoms with Crippen LogP contribution < -0.4 is 10.5 Å². The number of rotatable bonds is 10. The lowest BCUT2D eigenvalue weighted by Crippen LogP contribution is -2.32. The largest absolute Gasteiger partial charge is 0.330 e. The van der Waals surface area contributed by atoms with Gasteiger partial charge in [0.05, 0.1) is 5.75 Å². The summed E-state index contributed by atoms with van der Waals surface area (Å²) in [7, 11) is -3.43. The molecular formula is C12H26N2O3S. The number of hydrogen-bond donors (Lipinski definition) is 2. The van der Waals surface area contributed by atoms with Crippen molar-refractivity contribution in [1.82, 2.24) is 4.72 Å². The minimum Gasteiger partial charge on any atom is -0.330 e. The summed E-state index contributed by atoms with van der Waals surface area (Å²) in [5.41, 5.74) is 5.51. The van der Waals surface area contributed by atoms with Gasteiger partial charge in [-0.2, -0.15) is 0 Å². The first-order chi connectivity index (χ1) is 8.45. The van der Waals surface area contributed by atoms with Crippen molar-refractivity contribution in [2.45, 2.75) is 52.4 Å². The minimum absolute atomic E-state index is 0.0000709. The Morgan fingerprint density at radius 2 is 1.83 bits per heavy atom. The van der Waals surface area contributed by atoms with Gasteiger partial charge in [0.25, 0.3) is 0 Å². The lowest BCUT2D eigenvalue weighted by molar-refractivity contribution is -0.119. The molecule has 0 spiro atoms. The predicted molar refractivity (Wildman–Crippen MR) is 73.5 cm³/mol. The van der Waals surface area contributed by atoms with Crippen molar-refractivity contribution in [3.63, 3.8) is 0 Å². The Morgan fingerprint density at radius 3 is 2.33 bits per heavy atom. The molecule has 0 saturated carbocycles. The molecule has 0 aromatic heterocycles. The summed E-state index contributed by atoms with van der Waals surface area (Å²) in [5, 5.41) is 0. The standard InChI is InChI=1S/C12H26N2O3S/c1-3-5-11(8-9-13)6-7-12(15)14-18(16,17)10-4-2/h11H,3-10,13H2,1-2H3,(H,14,15). The summed E-state index contributed by atoms with van der Waals surface area (Å²) < 4.78 is 24.9. The first-order valence-electron chi connectivity index (χ1n) is 6.68. The van der Waals surface area contributed by atoms with Gasteiger partial charge in [0.2, 0.25) is 15.9 Å². The van der Waals surface area contributed by atoms with E-state index in [1.807, 2.05) is 0 Å². The van der Waals surface area contributed by atoms with E-state index in [0.29, 0.717) is 25.3 Å². The predicted octanol–water partition coefficient (Wildman–Crippen LogP) is 1.39. The highest BCUT2D eigenvalue weighted by molar-refractivity contribution is 7.90. The van der Waals surface area contributed by atoms with E-state index in [2.05, 4.69) is 11.6 Å². The second-order valence-electron chi connectivity index (χ2n) is 4.61. The van der Waals surface area contributed by atoms with Crippen LogP contribution in [-0.2, 0) is 14.8 Å². The molecule has 0 radical (unpaired) electrons. The number of sulfonamides is 1. The van der Waals surface area contributed by atoms with Crippen LogP contribution in [0.15, 0.2) is 0 Å². The molecule has 108 valence electrons. The van der Waals surface area contributed by atoms with Gasteiger partial charge in [-0.25, -0.2) is 8.42 Å². The number of hydrogen-bond acceptors (Lipinski definition) is 4. The lowest BCUT2D eigenvalue weighted by Gasteiger charge is -2.14. The van der Waals surface area contributed by atoms with Crippen molar-refractivity contribution >= 4 is 15.9 Å². The zero-order valence-electron chi connectivity index (χ0n) is 11.4. The molecule has 0 rings (SSSR count). The van der Waals surface area contributed by atoms with Gasteiger partial charge in [-0.1, -0.05) is 26.7 Å². The van der Waals surface area contributed by atoms with Crippen LogP contribution in [0, 0.1) is 5.92 Å². The number of nitrogens with one attached hydrogen (secondary N) is 1. The monoisotopic (exact) mass is 278 g/mol. The fourth-order valence-corrected chi connectivity index (χ4v) is 3.04. The van der Waals surface area contributed by atoms with Crippen LogP contribution in [-0.4, -0.2) is 26.6 Å². The first kappa shape index (κ1) is 17.4.